The minimum atomic E-state index is -0.687. The minimum Gasteiger partial charge on any atom is -0.369 e. The Morgan fingerprint density at radius 3 is 2.32 bits per heavy atom. The summed E-state index contributed by atoms with van der Waals surface area (Å²) in [6, 6.07) is 9.83. The van der Waals surface area contributed by atoms with Crippen molar-refractivity contribution < 1.29 is 18.4 Å². The zero-order chi connectivity index (χ0) is 18.1. The molecule has 1 fully saturated rings. The first-order chi connectivity index (χ1) is 11.9. The summed E-state index contributed by atoms with van der Waals surface area (Å²) in [4.78, 5) is 25.7. The van der Waals surface area contributed by atoms with Gasteiger partial charge in [0.25, 0.3) is 5.91 Å². The summed E-state index contributed by atoms with van der Waals surface area (Å²) in [5.74, 6) is -2.48. The summed E-state index contributed by atoms with van der Waals surface area (Å²) in [5.41, 5.74) is 5.81. The van der Waals surface area contributed by atoms with E-state index in [1.165, 1.54) is 24.3 Å². The van der Waals surface area contributed by atoms with Gasteiger partial charge in [-0.2, -0.15) is 0 Å². The van der Waals surface area contributed by atoms with Crippen LogP contribution >= 0.6 is 0 Å². The molecular formula is C19H18F2N2O2. The van der Waals surface area contributed by atoms with Gasteiger partial charge in [0, 0.05) is 18.7 Å². The number of benzene rings is 2. The van der Waals surface area contributed by atoms with Crippen LogP contribution in [0.4, 0.5) is 8.78 Å². The molecule has 1 aliphatic heterocycles. The van der Waals surface area contributed by atoms with Crippen LogP contribution < -0.4 is 5.73 Å². The number of hydrogen-bond donors (Lipinski definition) is 1. The van der Waals surface area contributed by atoms with Gasteiger partial charge in [-0.3, -0.25) is 9.59 Å². The number of rotatable bonds is 3. The number of halogens is 2. The number of hydrogen-bond acceptors (Lipinski definition) is 2. The van der Waals surface area contributed by atoms with Crippen LogP contribution in [-0.4, -0.2) is 29.8 Å². The second-order valence-electron chi connectivity index (χ2n) is 6.37. The summed E-state index contributed by atoms with van der Waals surface area (Å²) in [5, 5.41) is 0. The number of carbonyl (C=O) groups excluding carboxylic acids is 2. The number of nitrogens with two attached hydrogens (primary N) is 1. The maximum absolute atomic E-state index is 14.0. The highest BCUT2D eigenvalue weighted by Crippen LogP contribution is 2.28. The second-order valence-corrected chi connectivity index (χ2v) is 6.37. The number of amides is 2. The van der Waals surface area contributed by atoms with Crippen molar-refractivity contribution in [3.8, 4) is 11.1 Å². The first-order valence-corrected chi connectivity index (χ1v) is 8.01. The summed E-state index contributed by atoms with van der Waals surface area (Å²) in [7, 11) is 0. The van der Waals surface area contributed by atoms with Crippen LogP contribution in [0.2, 0.25) is 0 Å². The van der Waals surface area contributed by atoms with Crippen LogP contribution in [0.25, 0.3) is 11.1 Å². The van der Waals surface area contributed by atoms with Crippen molar-refractivity contribution in [2.24, 2.45) is 17.6 Å². The zero-order valence-electron chi connectivity index (χ0n) is 13.7. The number of likely N-dealkylation sites (tertiary alicyclic amines) is 1. The van der Waals surface area contributed by atoms with E-state index in [9.17, 15) is 18.4 Å². The molecule has 6 heteroatoms. The quantitative estimate of drug-likeness (QED) is 0.931. The minimum absolute atomic E-state index is 0.0198. The van der Waals surface area contributed by atoms with Gasteiger partial charge in [-0.05, 0) is 35.7 Å². The Morgan fingerprint density at radius 1 is 1.08 bits per heavy atom. The second kappa shape index (κ2) is 6.63. The molecule has 4 nitrogen and oxygen atoms in total. The summed E-state index contributed by atoms with van der Waals surface area (Å²) >= 11 is 0. The van der Waals surface area contributed by atoms with E-state index in [4.69, 9.17) is 5.73 Å². The SMILES string of the molecule is C[C@@H]1CN(C(=O)c2cccc(-c3c(F)cccc3F)c2)C[C@H]1C(N)=O. The van der Waals surface area contributed by atoms with Crippen LogP contribution in [0.3, 0.4) is 0 Å². The smallest absolute Gasteiger partial charge is 0.253 e. The van der Waals surface area contributed by atoms with E-state index >= 15 is 0 Å². The van der Waals surface area contributed by atoms with Crippen molar-refractivity contribution in [1.29, 1.82) is 0 Å². The van der Waals surface area contributed by atoms with E-state index in [2.05, 4.69) is 0 Å². The maximum atomic E-state index is 14.0. The van der Waals surface area contributed by atoms with E-state index in [1.807, 2.05) is 6.92 Å². The van der Waals surface area contributed by atoms with E-state index in [0.29, 0.717) is 17.7 Å². The molecule has 1 aliphatic rings. The molecule has 2 aromatic rings. The van der Waals surface area contributed by atoms with Crippen LogP contribution in [-0.2, 0) is 4.79 Å². The molecule has 0 spiro atoms. The molecule has 0 aliphatic carbocycles. The highest BCUT2D eigenvalue weighted by molar-refractivity contribution is 5.96. The molecular weight excluding hydrogens is 326 g/mol. The van der Waals surface area contributed by atoms with Gasteiger partial charge >= 0.3 is 0 Å². The van der Waals surface area contributed by atoms with Gasteiger partial charge in [-0.15, -0.1) is 0 Å². The molecule has 2 N–H and O–H groups in total. The molecule has 2 atom stereocenters. The third kappa shape index (κ3) is 3.24. The van der Waals surface area contributed by atoms with Crippen molar-refractivity contribution >= 4 is 11.8 Å². The highest BCUT2D eigenvalue weighted by Gasteiger charge is 2.36. The Hall–Kier alpha value is -2.76. The fourth-order valence-corrected chi connectivity index (χ4v) is 3.27. The monoisotopic (exact) mass is 344 g/mol. The van der Waals surface area contributed by atoms with Crippen LogP contribution in [0, 0.1) is 23.5 Å². The van der Waals surface area contributed by atoms with E-state index < -0.39 is 17.5 Å². The Morgan fingerprint density at radius 2 is 1.72 bits per heavy atom. The molecule has 1 saturated heterocycles. The summed E-state index contributed by atoms with van der Waals surface area (Å²) in [6.07, 6.45) is 0. The largest absolute Gasteiger partial charge is 0.369 e. The summed E-state index contributed by atoms with van der Waals surface area (Å²) < 4.78 is 27.9. The molecule has 1 heterocycles. The van der Waals surface area contributed by atoms with Crippen molar-refractivity contribution in [3.05, 3.63) is 59.7 Å². The topological polar surface area (TPSA) is 63.4 Å². The first kappa shape index (κ1) is 17.1. The van der Waals surface area contributed by atoms with Crippen molar-refractivity contribution in [1.82, 2.24) is 4.90 Å². The van der Waals surface area contributed by atoms with Gasteiger partial charge in [-0.1, -0.05) is 25.1 Å². The highest BCUT2D eigenvalue weighted by atomic mass is 19.1. The lowest BCUT2D eigenvalue weighted by molar-refractivity contribution is -0.122. The van der Waals surface area contributed by atoms with E-state index in [0.717, 1.165) is 0 Å². The lowest BCUT2D eigenvalue weighted by Gasteiger charge is -2.16. The van der Waals surface area contributed by atoms with Gasteiger partial charge in [-0.25, -0.2) is 8.78 Å². The average Bonchev–Trinajstić information content (AvgIpc) is 2.96. The van der Waals surface area contributed by atoms with Gasteiger partial charge in [0.05, 0.1) is 11.5 Å². The van der Waals surface area contributed by atoms with Gasteiger partial charge in [0.15, 0.2) is 0 Å². The number of carbonyl (C=O) groups is 2. The Bertz CT molecular complexity index is 818. The Labute approximate surface area is 144 Å². The maximum Gasteiger partial charge on any atom is 0.253 e. The standard InChI is InChI=1S/C19H18F2N2O2/c1-11-9-23(10-14(11)18(22)24)19(25)13-5-2-4-12(8-13)17-15(20)6-3-7-16(17)21/h2-8,11,14H,9-10H2,1H3,(H2,22,24)/t11-,14-/m1/s1. The van der Waals surface area contributed by atoms with E-state index in [-0.39, 0.29) is 29.9 Å². The molecule has 130 valence electrons. The fraction of sp³-hybridized carbons (Fsp3) is 0.263. The zero-order valence-corrected chi connectivity index (χ0v) is 13.7. The van der Waals surface area contributed by atoms with Crippen LogP contribution in [0.15, 0.2) is 42.5 Å². The molecule has 0 saturated carbocycles. The third-order valence-electron chi connectivity index (χ3n) is 4.63. The Kier molecular flexibility index (Phi) is 4.53. The molecule has 0 unspecified atom stereocenters. The lowest BCUT2D eigenvalue weighted by atomic mass is 9.98. The molecule has 3 rings (SSSR count). The lowest BCUT2D eigenvalue weighted by Crippen LogP contribution is -2.32. The summed E-state index contributed by atoms with van der Waals surface area (Å²) in [6.45, 7) is 2.55. The molecule has 2 aromatic carbocycles. The molecule has 0 aromatic heterocycles. The van der Waals surface area contributed by atoms with Crippen molar-refractivity contribution in [2.45, 2.75) is 6.92 Å². The van der Waals surface area contributed by atoms with Crippen molar-refractivity contribution in [3.63, 3.8) is 0 Å². The molecule has 0 radical (unpaired) electrons. The molecule has 2 amide bonds. The Balaban J connectivity index is 1.90. The average molecular weight is 344 g/mol. The van der Waals surface area contributed by atoms with Gasteiger partial charge < -0.3 is 10.6 Å². The fourth-order valence-electron chi connectivity index (χ4n) is 3.27. The van der Waals surface area contributed by atoms with E-state index in [1.54, 1.807) is 23.1 Å². The molecule has 0 bridgehead atoms. The molecule has 25 heavy (non-hydrogen) atoms. The van der Waals surface area contributed by atoms with Crippen molar-refractivity contribution in [2.75, 3.05) is 13.1 Å². The first-order valence-electron chi connectivity index (χ1n) is 8.01. The van der Waals surface area contributed by atoms with Gasteiger partial charge in [0.2, 0.25) is 5.91 Å². The predicted molar refractivity (Wildman–Crippen MR) is 89.5 cm³/mol. The number of primary amides is 1. The van der Waals surface area contributed by atoms with Gasteiger partial charge in [0.1, 0.15) is 11.6 Å². The number of nitrogens with zero attached hydrogens (tertiary/aromatic N) is 1. The van der Waals surface area contributed by atoms with Crippen LogP contribution in [0.5, 0.6) is 0 Å². The predicted octanol–water partition coefficient (Wildman–Crippen LogP) is 2.83. The normalized spacial score (nSPS) is 19.9. The van der Waals surface area contributed by atoms with Crippen LogP contribution in [0.1, 0.15) is 17.3 Å². The third-order valence-corrected chi connectivity index (χ3v) is 4.63.